The molecule has 0 spiro atoms. The molecule has 2 nitrogen and oxygen atoms in total. The molecule has 1 N–H and O–H groups in total. The molecule has 0 saturated heterocycles. The van der Waals surface area contributed by atoms with Gasteiger partial charge in [0.05, 0.1) is 0 Å². The van der Waals surface area contributed by atoms with Crippen LogP contribution < -0.4 is 5.32 Å². The molecule has 0 aliphatic carbocycles. The van der Waals surface area contributed by atoms with Crippen LogP contribution in [0.25, 0.3) is 0 Å². The van der Waals surface area contributed by atoms with Gasteiger partial charge in [-0.15, -0.1) is 0 Å². The van der Waals surface area contributed by atoms with Crippen molar-refractivity contribution in [1.82, 2.24) is 5.32 Å². The number of rotatable bonds is 5. The number of carbonyl (C=O) groups excluding carboxylic acids is 1. The molecule has 0 aliphatic rings. The lowest BCUT2D eigenvalue weighted by atomic mass is 10.1. The third kappa shape index (κ3) is 4.71. The Morgan fingerprint density at radius 3 is 2.57 bits per heavy atom. The van der Waals surface area contributed by atoms with Crippen LogP contribution in [-0.4, -0.2) is 11.9 Å². The summed E-state index contributed by atoms with van der Waals surface area (Å²) in [6, 6.07) is 16.2. The molecule has 1 unspecified atom stereocenters. The lowest BCUT2D eigenvalue weighted by molar-refractivity contribution is 0.0938. The average molecular weight is 346 g/mol. The van der Waals surface area contributed by atoms with Gasteiger partial charge in [-0.1, -0.05) is 46.3 Å². The van der Waals surface area contributed by atoms with E-state index in [9.17, 15) is 4.79 Å². The minimum absolute atomic E-state index is 0.00818. The van der Waals surface area contributed by atoms with E-state index >= 15 is 0 Å². The number of nitrogens with one attached hydrogen (secondary N) is 1. The van der Waals surface area contributed by atoms with Crippen LogP contribution in [0.5, 0.6) is 0 Å². The third-order valence-corrected chi connectivity index (χ3v) is 4.40. The van der Waals surface area contributed by atoms with Gasteiger partial charge in [-0.2, -0.15) is 0 Å². The maximum absolute atomic E-state index is 12.2. The number of aryl methyl sites for hydroxylation is 2. The Bertz CT molecular complexity index is 610. The molecule has 21 heavy (non-hydrogen) atoms. The highest BCUT2D eigenvalue weighted by molar-refractivity contribution is 9.10. The van der Waals surface area contributed by atoms with Crippen LogP contribution in [0.3, 0.4) is 0 Å². The molecule has 2 rings (SSSR count). The second-order valence-corrected chi connectivity index (χ2v) is 6.22. The Kier molecular flexibility index (Phi) is 5.57. The number of hydrogen-bond acceptors (Lipinski definition) is 1. The Hall–Kier alpha value is -1.61. The van der Waals surface area contributed by atoms with E-state index in [1.54, 1.807) is 0 Å². The molecule has 0 heterocycles. The zero-order valence-electron chi connectivity index (χ0n) is 12.4. The van der Waals surface area contributed by atoms with Crippen molar-refractivity contribution in [2.75, 3.05) is 0 Å². The molecule has 2 aromatic rings. The van der Waals surface area contributed by atoms with Crippen LogP contribution >= 0.6 is 15.9 Å². The van der Waals surface area contributed by atoms with Crippen LogP contribution in [0.1, 0.15) is 34.8 Å². The topological polar surface area (TPSA) is 29.1 Å². The highest BCUT2D eigenvalue weighted by Crippen LogP contribution is 2.17. The summed E-state index contributed by atoms with van der Waals surface area (Å²) in [4.78, 5) is 12.2. The quantitative estimate of drug-likeness (QED) is 0.848. The van der Waals surface area contributed by atoms with E-state index in [0.717, 1.165) is 22.9 Å². The van der Waals surface area contributed by atoms with Crippen molar-refractivity contribution in [3.8, 4) is 0 Å². The number of benzene rings is 2. The van der Waals surface area contributed by atoms with E-state index in [-0.39, 0.29) is 11.9 Å². The summed E-state index contributed by atoms with van der Waals surface area (Å²) < 4.78 is 1.02. The molecule has 0 aliphatic heterocycles. The molecule has 110 valence electrons. The van der Waals surface area contributed by atoms with Crippen molar-refractivity contribution < 1.29 is 4.79 Å². The summed E-state index contributed by atoms with van der Waals surface area (Å²) in [7, 11) is 0. The Morgan fingerprint density at radius 2 is 1.90 bits per heavy atom. The van der Waals surface area contributed by atoms with Gasteiger partial charge in [0.1, 0.15) is 0 Å². The summed E-state index contributed by atoms with van der Waals surface area (Å²) in [5, 5.41) is 3.06. The molecule has 1 amide bonds. The molecule has 3 heteroatoms. The van der Waals surface area contributed by atoms with Crippen molar-refractivity contribution in [1.29, 1.82) is 0 Å². The zero-order valence-corrected chi connectivity index (χ0v) is 14.0. The van der Waals surface area contributed by atoms with Crippen molar-refractivity contribution in [3.05, 3.63) is 69.7 Å². The molecule has 0 aromatic heterocycles. The Morgan fingerprint density at radius 1 is 1.19 bits per heavy atom. The summed E-state index contributed by atoms with van der Waals surface area (Å²) in [5.41, 5.74) is 3.08. The largest absolute Gasteiger partial charge is 0.350 e. The monoisotopic (exact) mass is 345 g/mol. The lowest BCUT2D eigenvalue weighted by Crippen LogP contribution is -2.32. The standard InChI is InChI=1S/C18H20BrNO/c1-13-12-16(10-11-17(13)19)18(21)20-14(2)8-9-15-6-4-3-5-7-15/h3-7,10-12,14H,8-9H2,1-2H3,(H,20,21). The lowest BCUT2D eigenvalue weighted by Gasteiger charge is -2.14. The van der Waals surface area contributed by atoms with Gasteiger partial charge in [0.2, 0.25) is 0 Å². The summed E-state index contributed by atoms with van der Waals surface area (Å²) in [6.07, 6.45) is 1.91. The zero-order chi connectivity index (χ0) is 15.2. The molecular formula is C18H20BrNO. The van der Waals surface area contributed by atoms with Crippen LogP contribution in [0.15, 0.2) is 53.0 Å². The third-order valence-electron chi connectivity index (χ3n) is 3.51. The summed E-state index contributed by atoms with van der Waals surface area (Å²) >= 11 is 3.45. The van der Waals surface area contributed by atoms with Crippen LogP contribution in [0, 0.1) is 6.92 Å². The van der Waals surface area contributed by atoms with Crippen LogP contribution in [0.4, 0.5) is 0 Å². The molecule has 0 saturated carbocycles. The highest BCUT2D eigenvalue weighted by Gasteiger charge is 2.10. The molecule has 0 bridgehead atoms. The van der Waals surface area contributed by atoms with Crippen molar-refractivity contribution in [3.63, 3.8) is 0 Å². The van der Waals surface area contributed by atoms with Crippen molar-refractivity contribution in [2.24, 2.45) is 0 Å². The smallest absolute Gasteiger partial charge is 0.251 e. The minimum Gasteiger partial charge on any atom is -0.350 e. The van der Waals surface area contributed by atoms with Gasteiger partial charge in [0, 0.05) is 16.1 Å². The van der Waals surface area contributed by atoms with Gasteiger partial charge in [-0.05, 0) is 56.0 Å². The fraction of sp³-hybridized carbons (Fsp3) is 0.278. The maximum Gasteiger partial charge on any atom is 0.251 e. The number of carbonyl (C=O) groups is 1. The first-order valence-electron chi connectivity index (χ1n) is 7.17. The second kappa shape index (κ2) is 7.41. The first-order chi connectivity index (χ1) is 10.1. The summed E-state index contributed by atoms with van der Waals surface area (Å²) in [6.45, 7) is 4.03. The van der Waals surface area contributed by atoms with E-state index in [4.69, 9.17) is 0 Å². The first kappa shape index (κ1) is 15.8. The predicted molar refractivity (Wildman–Crippen MR) is 90.6 cm³/mol. The summed E-state index contributed by atoms with van der Waals surface area (Å²) in [5.74, 6) is -0.00818. The molecule has 0 radical (unpaired) electrons. The fourth-order valence-corrected chi connectivity index (χ4v) is 2.44. The number of hydrogen-bond donors (Lipinski definition) is 1. The van der Waals surface area contributed by atoms with E-state index in [0.29, 0.717) is 5.56 Å². The predicted octanol–water partition coefficient (Wildman–Crippen LogP) is 4.51. The average Bonchev–Trinajstić information content (AvgIpc) is 2.49. The van der Waals surface area contributed by atoms with E-state index in [2.05, 4.69) is 33.4 Å². The first-order valence-corrected chi connectivity index (χ1v) is 7.96. The van der Waals surface area contributed by atoms with Crippen molar-refractivity contribution in [2.45, 2.75) is 32.7 Å². The van der Waals surface area contributed by atoms with Gasteiger partial charge in [0.25, 0.3) is 5.91 Å². The number of amides is 1. The molecular weight excluding hydrogens is 326 g/mol. The Balaban J connectivity index is 1.88. The van der Waals surface area contributed by atoms with Crippen molar-refractivity contribution >= 4 is 21.8 Å². The van der Waals surface area contributed by atoms with E-state index in [1.165, 1.54) is 5.56 Å². The van der Waals surface area contributed by atoms with Crippen LogP contribution in [-0.2, 0) is 6.42 Å². The molecule has 1 atom stereocenters. The Labute approximate surface area is 134 Å². The van der Waals surface area contributed by atoms with Gasteiger partial charge < -0.3 is 5.32 Å². The SMILES string of the molecule is Cc1cc(C(=O)NC(C)CCc2ccccc2)ccc1Br. The van der Waals surface area contributed by atoms with Gasteiger partial charge >= 0.3 is 0 Å². The van der Waals surface area contributed by atoms with Gasteiger partial charge in [0.15, 0.2) is 0 Å². The minimum atomic E-state index is -0.00818. The highest BCUT2D eigenvalue weighted by atomic mass is 79.9. The van der Waals surface area contributed by atoms with E-state index in [1.807, 2.05) is 50.2 Å². The number of halogens is 1. The van der Waals surface area contributed by atoms with E-state index < -0.39 is 0 Å². The normalized spacial score (nSPS) is 12.0. The van der Waals surface area contributed by atoms with Crippen LogP contribution in [0.2, 0.25) is 0 Å². The second-order valence-electron chi connectivity index (χ2n) is 5.36. The molecule has 0 fully saturated rings. The van der Waals surface area contributed by atoms with Gasteiger partial charge in [-0.3, -0.25) is 4.79 Å². The maximum atomic E-state index is 12.2. The van der Waals surface area contributed by atoms with Gasteiger partial charge in [-0.25, -0.2) is 0 Å². The molecule has 2 aromatic carbocycles. The fourth-order valence-electron chi connectivity index (χ4n) is 2.19.